The van der Waals surface area contributed by atoms with E-state index < -0.39 is 30.3 Å². The molecule has 3 atom stereocenters. The van der Waals surface area contributed by atoms with Gasteiger partial charge in [-0.15, -0.1) is 0 Å². The summed E-state index contributed by atoms with van der Waals surface area (Å²) in [5, 5.41) is 19.0. The lowest BCUT2D eigenvalue weighted by atomic mass is 10.1. The molecular formula is C21H34N4O6. The van der Waals surface area contributed by atoms with Crippen LogP contribution in [0.5, 0.6) is 0 Å². The molecule has 10 nitrogen and oxygen atoms in total. The van der Waals surface area contributed by atoms with E-state index in [1.54, 1.807) is 6.92 Å². The normalized spacial score (nSPS) is 13.7. The lowest BCUT2D eigenvalue weighted by Crippen LogP contribution is -2.38. The Balaban J connectivity index is 2.46. The summed E-state index contributed by atoms with van der Waals surface area (Å²) in [6, 6.07) is 3.26. The van der Waals surface area contributed by atoms with Gasteiger partial charge in [-0.1, -0.05) is 45.4 Å². The van der Waals surface area contributed by atoms with Crippen molar-refractivity contribution in [3.63, 3.8) is 0 Å². The van der Waals surface area contributed by atoms with Gasteiger partial charge in [-0.05, 0) is 19.4 Å². The number of nitriles is 1. The lowest BCUT2D eigenvalue weighted by molar-refractivity contribution is -0.121. The summed E-state index contributed by atoms with van der Waals surface area (Å²) in [7, 11) is 0. The van der Waals surface area contributed by atoms with Crippen LogP contribution in [-0.4, -0.2) is 46.2 Å². The standard InChI is InChI=1S/C21H34N4O6/c1-3-4-5-6-7-8-9-14-29-21(28)30-15-18(17(26)10-12-22)31-16(2)25-13-11-19(23)24-20(25)27/h11,13,16-18,26H,3-10,14-15H2,1-2H3,(H2,23,24,27)/t16?,17-,18+/m0/s1. The molecule has 31 heavy (non-hydrogen) atoms. The Labute approximate surface area is 182 Å². The van der Waals surface area contributed by atoms with E-state index >= 15 is 0 Å². The van der Waals surface area contributed by atoms with E-state index in [1.807, 2.05) is 6.07 Å². The fourth-order valence-corrected chi connectivity index (χ4v) is 2.89. The number of unbranched alkanes of at least 4 members (excludes halogenated alkanes) is 6. The molecular weight excluding hydrogens is 404 g/mol. The van der Waals surface area contributed by atoms with Crippen molar-refractivity contribution < 1.29 is 24.1 Å². The third-order valence-corrected chi connectivity index (χ3v) is 4.68. The van der Waals surface area contributed by atoms with Crippen molar-refractivity contribution >= 4 is 12.0 Å². The third-order valence-electron chi connectivity index (χ3n) is 4.68. The number of aliphatic hydroxyl groups is 1. The Morgan fingerprint density at radius 1 is 1.26 bits per heavy atom. The van der Waals surface area contributed by atoms with Gasteiger partial charge in [0.05, 0.1) is 25.2 Å². The van der Waals surface area contributed by atoms with Crippen LogP contribution in [0.25, 0.3) is 0 Å². The molecule has 3 N–H and O–H groups in total. The fraction of sp³-hybridized carbons (Fsp3) is 0.714. The molecule has 0 spiro atoms. The molecule has 10 heteroatoms. The molecule has 1 aromatic rings. The zero-order valence-corrected chi connectivity index (χ0v) is 18.4. The van der Waals surface area contributed by atoms with Gasteiger partial charge < -0.3 is 25.1 Å². The highest BCUT2D eigenvalue weighted by molar-refractivity contribution is 5.59. The number of hydrogen-bond acceptors (Lipinski definition) is 9. The molecule has 0 amide bonds. The Morgan fingerprint density at radius 3 is 2.58 bits per heavy atom. The molecule has 0 saturated heterocycles. The van der Waals surface area contributed by atoms with Crippen LogP contribution < -0.4 is 11.4 Å². The van der Waals surface area contributed by atoms with E-state index in [-0.39, 0.29) is 25.5 Å². The maximum atomic E-state index is 11.9. The summed E-state index contributed by atoms with van der Waals surface area (Å²) in [6.07, 6.45) is 4.88. The van der Waals surface area contributed by atoms with Crippen molar-refractivity contribution in [3.05, 3.63) is 22.7 Å². The highest BCUT2D eigenvalue weighted by Crippen LogP contribution is 2.14. The highest BCUT2D eigenvalue weighted by Gasteiger charge is 2.25. The number of anilines is 1. The summed E-state index contributed by atoms with van der Waals surface area (Å²) in [4.78, 5) is 27.4. The zero-order valence-electron chi connectivity index (χ0n) is 18.4. The summed E-state index contributed by atoms with van der Waals surface area (Å²) < 4.78 is 16.9. The second-order valence-electron chi connectivity index (χ2n) is 7.28. The van der Waals surface area contributed by atoms with Gasteiger partial charge in [-0.25, -0.2) is 9.59 Å². The number of rotatable bonds is 15. The van der Waals surface area contributed by atoms with Crippen LogP contribution in [-0.2, 0) is 14.2 Å². The largest absolute Gasteiger partial charge is 0.508 e. The van der Waals surface area contributed by atoms with Crippen LogP contribution in [0.3, 0.4) is 0 Å². The van der Waals surface area contributed by atoms with E-state index in [0.29, 0.717) is 0 Å². The number of aliphatic hydroxyl groups excluding tert-OH is 1. The van der Waals surface area contributed by atoms with Gasteiger partial charge in [-0.2, -0.15) is 10.2 Å². The molecule has 0 aliphatic rings. The van der Waals surface area contributed by atoms with Crippen LogP contribution in [0.4, 0.5) is 10.6 Å². The first-order valence-corrected chi connectivity index (χ1v) is 10.7. The van der Waals surface area contributed by atoms with Gasteiger partial charge in [-0.3, -0.25) is 4.57 Å². The van der Waals surface area contributed by atoms with Crippen molar-refractivity contribution in [2.24, 2.45) is 0 Å². The van der Waals surface area contributed by atoms with E-state index in [4.69, 9.17) is 25.2 Å². The van der Waals surface area contributed by atoms with Gasteiger partial charge in [0, 0.05) is 6.20 Å². The number of nitrogens with zero attached hydrogens (tertiary/aromatic N) is 3. The average Bonchev–Trinajstić information content (AvgIpc) is 2.72. The molecule has 1 unspecified atom stereocenters. The number of ether oxygens (including phenoxy) is 3. The van der Waals surface area contributed by atoms with Crippen LogP contribution >= 0.6 is 0 Å². The first-order chi connectivity index (χ1) is 14.9. The molecule has 174 valence electrons. The van der Waals surface area contributed by atoms with E-state index in [9.17, 15) is 14.7 Å². The van der Waals surface area contributed by atoms with Gasteiger partial charge in [0.1, 0.15) is 24.8 Å². The van der Waals surface area contributed by atoms with E-state index in [0.717, 1.165) is 19.3 Å². The molecule has 0 aliphatic heterocycles. The quantitative estimate of drug-likeness (QED) is 0.311. The minimum atomic E-state index is -1.22. The maximum Gasteiger partial charge on any atom is 0.508 e. The van der Waals surface area contributed by atoms with Gasteiger partial charge >= 0.3 is 11.8 Å². The number of nitrogens with two attached hydrogens (primary N) is 1. The minimum Gasteiger partial charge on any atom is -0.434 e. The first kappa shape index (κ1) is 26.4. The average molecular weight is 439 g/mol. The third kappa shape index (κ3) is 10.8. The fourth-order valence-electron chi connectivity index (χ4n) is 2.89. The van der Waals surface area contributed by atoms with E-state index in [2.05, 4.69) is 11.9 Å². The lowest BCUT2D eigenvalue weighted by Gasteiger charge is -2.26. The summed E-state index contributed by atoms with van der Waals surface area (Å²) in [6.45, 7) is 3.65. The monoisotopic (exact) mass is 438 g/mol. The molecule has 0 fully saturated rings. The molecule has 0 bridgehead atoms. The number of aromatic nitrogens is 2. The van der Waals surface area contributed by atoms with Crippen LogP contribution in [0, 0.1) is 11.3 Å². The number of carbonyl (C=O) groups is 1. The second-order valence-corrected chi connectivity index (χ2v) is 7.28. The minimum absolute atomic E-state index is 0.0709. The van der Waals surface area contributed by atoms with Crippen molar-refractivity contribution in [2.45, 2.75) is 83.6 Å². The highest BCUT2D eigenvalue weighted by atomic mass is 16.7. The maximum absolute atomic E-state index is 11.9. The molecule has 0 radical (unpaired) electrons. The Bertz CT molecular complexity index is 748. The predicted molar refractivity (Wildman–Crippen MR) is 114 cm³/mol. The Hall–Kier alpha value is -2.64. The summed E-state index contributed by atoms with van der Waals surface area (Å²) in [5.41, 5.74) is 4.84. The number of hydrogen-bond donors (Lipinski definition) is 2. The first-order valence-electron chi connectivity index (χ1n) is 10.7. The molecule has 0 saturated carbocycles. The predicted octanol–water partition coefficient (Wildman–Crippen LogP) is 2.91. The smallest absolute Gasteiger partial charge is 0.434 e. The Kier molecular flexibility index (Phi) is 12.9. The van der Waals surface area contributed by atoms with Crippen LogP contribution in [0.15, 0.2) is 17.1 Å². The molecule has 0 aromatic carbocycles. The van der Waals surface area contributed by atoms with Crippen molar-refractivity contribution in [3.8, 4) is 6.07 Å². The number of nitrogen functional groups attached to an aromatic ring is 1. The van der Waals surface area contributed by atoms with Crippen LogP contribution in [0.1, 0.15) is 71.4 Å². The van der Waals surface area contributed by atoms with E-state index in [1.165, 1.54) is 42.5 Å². The van der Waals surface area contributed by atoms with Crippen LogP contribution in [0.2, 0.25) is 0 Å². The molecule has 1 rings (SSSR count). The van der Waals surface area contributed by atoms with Gasteiger partial charge in [0.2, 0.25) is 0 Å². The topological polar surface area (TPSA) is 150 Å². The second kappa shape index (κ2) is 15.2. The zero-order chi connectivity index (χ0) is 23.1. The van der Waals surface area contributed by atoms with Crippen molar-refractivity contribution in [1.29, 1.82) is 5.26 Å². The molecule has 0 aliphatic carbocycles. The van der Waals surface area contributed by atoms with Gasteiger partial charge in [0.15, 0.2) is 0 Å². The molecule has 1 aromatic heterocycles. The Morgan fingerprint density at radius 2 is 1.94 bits per heavy atom. The summed E-state index contributed by atoms with van der Waals surface area (Å²) >= 11 is 0. The van der Waals surface area contributed by atoms with Gasteiger partial charge in [0.25, 0.3) is 0 Å². The van der Waals surface area contributed by atoms with Crippen molar-refractivity contribution in [2.75, 3.05) is 18.9 Å². The molecule has 1 heterocycles. The van der Waals surface area contributed by atoms with Crippen molar-refractivity contribution in [1.82, 2.24) is 9.55 Å². The summed E-state index contributed by atoms with van der Waals surface area (Å²) in [5.74, 6) is 0.0709. The SMILES string of the molecule is CCCCCCCCCOC(=O)OC[C@@H](OC(C)n1ccc(N)nc1=O)[C@@H](O)CC#N. The number of carbonyl (C=O) groups excluding carboxylic acids is 1.